The largest absolute Gasteiger partial charge is 0.327 e. The summed E-state index contributed by atoms with van der Waals surface area (Å²) in [6.07, 6.45) is 2.37. The summed E-state index contributed by atoms with van der Waals surface area (Å²) in [5.74, 6) is 0.593. The summed E-state index contributed by atoms with van der Waals surface area (Å²) in [6, 6.07) is 28.9. The number of hydrogen-bond donors (Lipinski definition) is 1. The van der Waals surface area contributed by atoms with Crippen LogP contribution in [0, 0.1) is 5.92 Å². The first-order chi connectivity index (χ1) is 18.1. The number of amides is 2. The van der Waals surface area contributed by atoms with Crippen LogP contribution in [-0.2, 0) is 0 Å². The predicted molar refractivity (Wildman–Crippen MR) is 151 cm³/mol. The number of piperidine rings is 1. The minimum Gasteiger partial charge on any atom is -0.327 e. The van der Waals surface area contributed by atoms with Crippen LogP contribution in [0.2, 0.25) is 5.02 Å². The molecule has 0 saturated carbocycles. The molecule has 3 aromatic rings. The second-order valence-electron chi connectivity index (χ2n) is 10.4. The highest BCUT2D eigenvalue weighted by Crippen LogP contribution is 2.37. The quantitative estimate of drug-likeness (QED) is 0.447. The average molecular weight is 517 g/mol. The smallest absolute Gasteiger partial charge is 0.318 e. The van der Waals surface area contributed by atoms with Gasteiger partial charge in [-0.2, -0.15) is 0 Å². The highest BCUT2D eigenvalue weighted by molar-refractivity contribution is 6.30. The van der Waals surface area contributed by atoms with Crippen LogP contribution in [0.1, 0.15) is 41.6 Å². The first-order valence-electron chi connectivity index (χ1n) is 13.4. The number of hydrogen-bond acceptors (Lipinski definition) is 3. The lowest BCUT2D eigenvalue weighted by Crippen LogP contribution is -2.54. The molecule has 2 aliphatic rings. The molecule has 5 rings (SSSR count). The van der Waals surface area contributed by atoms with Crippen LogP contribution in [0.5, 0.6) is 0 Å². The molecule has 37 heavy (non-hydrogen) atoms. The zero-order valence-corrected chi connectivity index (χ0v) is 22.4. The third-order valence-electron chi connectivity index (χ3n) is 7.93. The Hall–Kier alpha value is -2.86. The number of halogens is 1. The summed E-state index contributed by atoms with van der Waals surface area (Å²) in [5, 5.41) is 4.11. The van der Waals surface area contributed by atoms with E-state index in [4.69, 9.17) is 11.6 Å². The summed E-state index contributed by atoms with van der Waals surface area (Å²) in [6.45, 7) is 5.41. The summed E-state index contributed by atoms with van der Waals surface area (Å²) in [5.41, 5.74) is 3.47. The molecular formula is C31H37ClN4O. The number of urea groups is 1. The van der Waals surface area contributed by atoms with Crippen LogP contribution in [-0.4, -0.2) is 67.0 Å². The van der Waals surface area contributed by atoms with Gasteiger partial charge < -0.3 is 15.1 Å². The van der Waals surface area contributed by atoms with Gasteiger partial charge in [-0.1, -0.05) is 84.4 Å². The molecule has 0 aromatic heterocycles. The van der Waals surface area contributed by atoms with E-state index < -0.39 is 0 Å². The summed E-state index contributed by atoms with van der Waals surface area (Å²) >= 11 is 6.42. The first kappa shape index (κ1) is 25.8. The van der Waals surface area contributed by atoms with Gasteiger partial charge in [0, 0.05) is 37.2 Å². The molecule has 2 heterocycles. The molecule has 0 spiro atoms. The fraction of sp³-hybridized carbons (Fsp3) is 0.387. The lowest BCUT2D eigenvalue weighted by Gasteiger charge is -2.44. The molecule has 0 bridgehead atoms. The van der Waals surface area contributed by atoms with Crippen LogP contribution >= 0.6 is 11.6 Å². The lowest BCUT2D eigenvalue weighted by atomic mass is 9.84. The maximum atomic E-state index is 13.5. The maximum absolute atomic E-state index is 13.5. The van der Waals surface area contributed by atoms with E-state index in [2.05, 4.69) is 64.6 Å². The predicted octanol–water partition coefficient (Wildman–Crippen LogP) is 5.84. The van der Waals surface area contributed by atoms with Crippen LogP contribution < -0.4 is 5.32 Å². The Balaban J connectivity index is 1.28. The van der Waals surface area contributed by atoms with Gasteiger partial charge in [0.05, 0.1) is 6.04 Å². The fourth-order valence-electron chi connectivity index (χ4n) is 5.88. The number of rotatable bonds is 6. The first-order valence-corrected chi connectivity index (χ1v) is 13.8. The monoisotopic (exact) mass is 516 g/mol. The molecule has 194 valence electrons. The Kier molecular flexibility index (Phi) is 8.45. The van der Waals surface area contributed by atoms with E-state index in [1.165, 1.54) is 18.4 Å². The van der Waals surface area contributed by atoms with Crippen LogP contribution in [0.3, 0.4) is 0 Å². The lowest BCUT2D eigenvalue weighted by molar-refractivity contribution is 0.0575. The van der Waals surface area contributed by atoms with Crippen molar-refractivity contribution in [3.63, 3.8) is 0 Å². The average Bonchev–Trinajstić information content (AvgIpc) is 2.94. The molecule has 1 N–H and O–H groups in total. The Morgan fingerprint density at radius 3 is 1.92 bits per heavy atom. The molecule has 6 heteroatoms. The number of nitrogens with zero attached hydrogens (tertiary/aromatic N) is 3. The summed E-state index contributed by atoms with van der Waals surface area (Å²) < 4.78 is 0. The van der Waals surface area contributed by atoms with Crippen molar-refractivity contribution >= 4 is 17.6 Å². The highest BCUT2D eigenvalue weighted by Gasteiger charge is 2.34. The number of carbonyl (C=O) groups is 1. The second-order valence-corrected chi connectivity index (χ2v) is 10.8. The Labute approximate surface area is 226 Å². The van der Waals surface area contributed by atoms with Crippen molar-refractivity contribution in [2.75, 3.05) is 46.3 Å². The fourth-order valence-corrected chi connectivity index (χ4v) is 6.08. The van der Waals surface area contributed by atoms with Crippen molar-refractivity contribution in [1.29, 1.82) is 0 Å². The Morgan fingerprint density at radius 2 is 1.35 bits per heavy atom. The van der Waals surface area contributed by atoms with Crippen molar-refractivity contribution in [3.8, 4) is 0 Å². The molecule has 0 radical (unpaired) electrons. The van der Waals surface area contributed by atoms with E-state index in [1.54, 1.807) is 0 Å². The minimum absolute atomic E-state index is 0.00375. The molecule has 2 fully saturated rings. The van der Waals surface area contributed by atoms with E-state index in [0.29, 0.717) is 25.0 Å². The van der Waals surface area contributed by atoms with E-state index in [-0.39, 0.29) is 12.1 Å². The standard InChI is InChI=1S/C31H37ClN4O/c1-34-17-15-26(16-18-34)30(27-13-8-14-28(32)23-27)35-19-21-36(22-20-35)31(37)33-29(24-9-4-2-5-10-24)25-11-6-3-7-12-25/h2-14,23,26,29-30H,15-22H2,1H3,(H,33,37). The van der Waals surface area contributed by atoms with E-state index in [0.717, 1.165) is 42.3 Å². The van der Waals surface area contributed by atoms with Crippen LogP contribution in [0.15, 0.2) is 84.9 Å². The number of likely N-dealkylation sites (tertiary alicyclic amines) is 1. The third-order valence-corrected chi connectivity index (χ3v) is 8.16. The van der Waals surface area contributed by atoms with Gasteiger partial charge in [0.1, 0.15) is 0 Å². The highest BCUT2D eigenvalue weighted by atomic mass is 35.5. The maximum Gasteiger partial charge on any atom is 0.318 e. The molecule has 5 nitrogen and oxygen atoms in total. The molecule has 2 saturated heterocycles. The SMILES string of the molecule is CN1CCC(C(c2cccc(Cl)c2)N2CCN(C(=O)NC(c3ccccc3)c3ccccc3)CC2)CC1. The van der Waals surface area contributed by atoms with Gasteiger partial charge >= 0.3 is 6.03 Å². The van der Waals surface area contributed by atoms with Gasteiger partial charge in [0.2, 0.25) is 0 Å². The van der Waals surface area contributed by atoms with Gasteiger partial charge in [0.15, 0.2) is 0 Å². The Morgan fingerprint density at radius 1 is 0.784 bits per heavy atom. The number of piperazine rings is 1. The molecule has 1 atom stereocenters. The van der Waals surface area contributed by atoms with E-state index in [9.17, 15) is 4.79 Å². The van der Waals surface area contributed by atoms with Gasteiger partial charge in [-0.3, -0.25) is 4.90 Å². The van der Waals surface area contributed by atoms with Crippen LogP contribution in [0.25, 0.3) is 0 Å². The number of benzene rings is 3. The van der Waals surface area contributed by atoms with Gasteiger partial charge in [0.25, 0.3) is 0 Å². The Bertz CT molecular complexity index is 1100. The van der Waals surface area contributed by atoms with E-state index >= 15 is 0 Å². The topological polar surface area (TPSA) is 38.8 Å². The van der Waals surface area contributed by atoms with Crippen molar-refractivity contribution in [3.05, 3.63) is 107 Å². The van der Waals surface area contributed by atoms with Crippen molar-refractivity contribution in [2.24, 2.45) is 5.92 Å². The molecule has 0 aliphatic carbocycles. The van der Waals surface area contributed by atoms with Gasteiger partial charge in [-0.05, 0) is 67.7 Å². The van der Waals surface area contributed by atoms with Crippen molar-refractivity contribution in [2.45, 2.75) is 24.9 Å². The summed E-state index contributed by atoms with van der Waals surface area (Å²) in [4.78, 5) is 20.4. The van der Waals surface area contributed by atoms with Crippen molar-refractivity contribution in [1.82, 2.24) is 20.0 Å². The molecular weight excluding hydrogens is 480 g/mol. The number of carbonyl (C=O) groups excluding carboxylic acids is 1. The van der Waals surface area contributed by atoms with Gasteiger partial charge in [-0.15, -0.1) is 0 Å². The molecule has 2 amide bonds. The molecule has 2 aliphatic heterocycles. The summed E-state index contributed by atoms with van der Waals surface area (Å²) in [7, 11) is 2.21. The molecule has 1 unspecified atom stereocenters. The minimum atomic E-state index is -0.175. The second kappa shape index (κ2) is 12.1. The van der Waals surface area contributed by atoms with Crippen LogP contribution in [0.4, 0.5) is 4.79 Å². The number of nitrogens with one attached hydrogen (secondary N) is 1. The normalized spacial score (nSPS) is 18.6. The third kappa shape index (κ3) is 6.35. The zero-order chi connectivity index (χ0) is 25.6. The molecule has 3 aromatic carbocycles. The zero-order valence-electron chi connectivity index (χ0n) is 21.6. The van der Waals surface area contributed by atoms with Gasteiger partial charge in [-0.25, -0.2) is 4.79 Å². The van der Waals surface area contributed by atoms with Crippen molar-refractivity contribution < 1.29 is 4.79 Å². The van der Waals surface area contributed by atoms with E-state index in [1.807, 2.05) is 47.4 Å².